The van der Waals surface area contributed by atoms with E-state index in [-0.39, 0.29) is 35.9 Å². The molecule has 1 aromatic rings. The third kappa shape index (κ3) is 6.06. The van der Waals surface area contributed by atoms with Gasteiger partial charge in [-0.2, -0.15) is 0 Å². The molecule has 2 heterocycles. The van der Waals surface area contributed by atoms with Crippen LogP contribution in [0.1, 0.15) is 25.3 Å². The number of hydrogen-bond donors (Lipinski definition) is 2. The summed E-state index contributed by atoms with van der Waals surface area (Å²) in [6.45, 7) is 7.13. The second-order valence-electron chi connectivity index (χ2n) is 6.73. The highest BCUT2D eigenvalue weighted by Crippen LogP contribution is 2.22. The van der Waals surface area contributed by atoms with Gasteiger partial charge in [-0.1, -0.05) is 18.2 Å². The summed E-state index contributed by atoms with van der Waals surface area (Å²) < 4.78 is 19.6. The Balaban J connectivity index is 0.00000243. The second-order valence-corrected chi connectivity index (χ2v) is 6.73. The Bertz CT molecular complexity index is 586. The Morgan fingerprint density at radius 1 is 1.35 bits per heavy atom. The molecule has 0 saturated carbocycles. The van der Waals surface area contributed by atoms with Gasteiger partial charge in [-0.05, 0) is 44.4 Å². The van der Waals surface area contributed by atoms with Gasteiger partial charge < -0.3 is 15.4 Å². The van der Waals surface area contributed by atoms with Crippen LogP contribution in [0.15, 0.2) is 29.3 Å². The molecule has 5 nitrogen and oxygen atoms in total. The number of morpholine rings is 1. The van der Waals surface area contributed by atoms with Crippen molar-refractivity contribution in [3.63, 3.8) is 0 Å². The molecule has 2 aliphatic rings. The summed E-state index contributed by atoms with van der Waals surface area (Å²) in [4.78, 5) is 7.18. The molecule has 146 valence electrons. The van der Waals surface area contributed by atoms with Crippen molar-refractivity contribution in [3.8, 4) is 0 Å². The molecular weight excluding hydrogens is 446 g/mol. The number of guanidine groups is 1. The minimum absolute atomic E-state index is 0. The number of fused-ring (bicyclic) bond motifs is 1. The van der Waals surface area contributed by atoms with Crippen LogP contribution in [0.4, 0.5) is 4.39 Å². The van der Waals surface area contributed by atoms with Crippen LogP contribution in [0.5, 0.6) is 0 Å². The molecule has 0 spiro atoms. The van der Waals surface area contributed by atoms with E-state index in [1.807, 2.05) is 19.1 Å². The lowest BCUT2D eigenvalue weighted by Crippen LogP contribution is -2.47. The maximum absolute atomic E-state index is 13.7. The molecule has 0 radical (unpaired) electrons. The van der Waals surface area contributed by atoms with Gasteiger partial charge in [0.15, 0.2) is 5.96 Å². The van der Waals surface area contributed by atoms with E-state index >= 15 is 0 Å². The van der Waals surface area contributed by atoms with Gasteiger partial charge in [-0.3, -0.25) is 9.89 Å². The topological polar surface area (TPSA) is 48.9 Å². The van der Waals surface area contributed by atoms with Crippen molar-refractivity contribution >= 4 is 29.9 Å². The van der Waals surface area contributed by atoms with Crippen molar-refractivity contribution in [2.24, 2.45) is 4.99 Å². The van der Waals surface area contributed by atoms with Gasteiger partial charge in [-0.25, -0.2) is 4.39 Å². The van der Waals surface area contributed by atoms with Gasteiger partial charge in [0.2, 0.25) is 0 Å². The average molecular weight is 476 g/mol. The van der Waals surface area contributed by atoms with Gasteiger partial charge >= 0.3 is 0 Å². The largest absolute Gasteiger partial charge is 0.373 e. The summed E-state index contributed by atoms with van der Waals surface area (Å²) >= 11 is 0. The number of hydrogen-bond acceptors (Lipinski definition) is 3. The summed E-state index contributed by atoms with van der Waals surface area (Å²) in [5.74, 6) is 0.619. The van der Waals surface area contributed by atoms with Crippen LogP contribution in [-0.2, 0) is 11.2 Å². The quantitative estimate of drug-likeness (QED) is 0.376. The highest BCUT2D eigenvalue weighted by atomic mass is 127. The molecule has 26 heavy (non-hydrogen) atoms. The molecule has 0 aliphatic carbocycles. The molecule has 0 amide bonds. The Morgan fingerprint density at radius 3 is 3.00 bits per heavy atom. The van der Waals surface area contributed by atoms with Crippen LogP contribution >= 0.6 is 24.0 Å². The Labute approximate surface area is 172 Å². The third-order valence-electron chi connectivity index (χ3n) is 4.90. The molecule has 0 aromatic heterocycles. The van der Waals surface area contributed by atoms with E-state index in [0.717, 1.165) is 31.2 Å². The van der Waals surface area contributed by atoms with E-state index in [0.29, 0.717) is 25.6 Å². The lowest BCUT2D eigenvalue weighted by Gasteiger charge is -2.34. The number of benzene rings is 1. The predicted octanol–water partition coefficient (Wildman–Crippen LogP) is 2.40. The predicted molar refractivity (Wildman–Crippen MR) is 114 cm³/mol. The molecule has 2 saturated heterocycles. The fraction of sp³-hybridized carbons (Fsp3) is 0.632. The summed E-state index contributed by atoms with van der Waals surface area (Å²) in [5.41, 5.74) is 0.724. The fourth-order valence-electron chi connectivity index (χ4n) is 3.55. The van der Waals surface area contributed by atoms with Gasteiger partial charge in [-0.15, -0.1) is 24.0 Å². The number of rotatable bonds is 6. The number of nitrogens with zero attached hydrogens (tertiary/aromatic N) is 2. The van der Waals surface area contributed by atoms with Gasteiger partial charge in [0.25, 0.3) is 0 Å². The average Bonchev–Trinajstić information content (AvgIpc) is 3.09. The molecule has 2 unspecified atom stereocenters. The van der Waals surface area contributed by atoms with Crippen molar-refractivity contribution < 1.29 is 9.13 Å². The Hall–Kier alpha value is -0.930. The smallest absolute Gasteiger partial charge is 0.191 e. The molecular formula is C19H30FIN4O. The number of halogens is 2. The number of aliphatic imine (C=N–C) groups is 1. The van der Waals surface area contributed by atoms with E-state index < -0.39 is 0 Å². The van der Waals surface area contributed by atoms with Crippen molar-refractivity contribution in [2.45, 2.75) is 38.3 Å². The SMILES string of the molecule is CCNC(=NCC1CN2CCCC2CO1)NCCc1ccccc1F.I. The summed E-state index contributed by atoms with van der Waals surface area (Å²) in [6.07, 6.45) is 3.34. The van der Waals surface area contributed by atoms with Crippen molar-refractivity contribution in [3.05, 3.63) is 35.6 Å². The monoisotopic (exact) mass is 476 g/mol. The number of nitrogens with one attached hydrogen (secondary N) is 2. The molecule has 1 aromatic carbocycles. The van der Waals surface area contributed by atoms with Crippen molar-refractivity contribution in [2.75, 3.05) is 39.3 Å². The lowest BCUT2D eigenvalue weighted by atomic mass is 10.1. The van der Waals surface area contributed by atoms with Crippen LogP contribution in [0.3, 0.4) is 0 Å². The van der Waals surface area contributed by atoms with Gasteiger partial charge in [0, 0.05) is 25.7 Å². The molecule has 7 heteroatoms. The molecule has 3 rings (SSSR count). The van der Waals surface area contributed by atoms with E-state index in [1.165, 1.54) is 25.5 Å². The van der Waals surface area contributed by atoms with Crippen molar-refractivity contribution in [1.82, 2.24) is 15.5 Å². The minimum atomic E-state index is -0.151. The van der Waals surface area contributed by atoms with Crippen LogP contribution < -0.4 is 10.6 Å². The zero-order valence-corrected chi connectivity index (χ0v) is 17.7. The van der Waals surface area contributed by atoms with Gasteiger partial charge in [0.1, 0.15) is 5.82 Å². The Morgan fingerprint density at radius 2 is 2.19 bits per heavy atom. The first kappa shape index (κ1) is 21.4. The maximum Gasteiger partial charge on any atom is 0.191 e. The lowest BCUT2D eigenvalue weighted by molar-refractivity contribution is -0.0432. The molecule has 2 fully saturated rings. The molecule has 0 bridgehead atoms. The highest BCUT2D eigenvalue weighted by Gasteiger charge is 2.31. The number of ether oxygens (including phenoxy) is 1. The molecule has 2 atom stereocenters. The van der Waals surface area contributed by atoms with Crippen LogP contribution in [0.2, 0.25) is 0 Å². The van der Waals surface area contributed by atoms with Crippen LogP contribution in [0.25, 0.3) is 0 Å². The molecule has 2 aliphatic heterocycles. The van der Waals surface area contributed by atoms with E-state index in [4.69, 9.17) is 4.74 Å². The van der Waals surface area contributed by atoms with Crippen molar-refractivity contribution in [1.29, 1.82) is 0 Å². The van der Waals surface area contributed by atoms with Crippen LogP contribution in [-0.4, -0.2) is 62.3 Å². The van der Waals surface area contributed by atoms with Gasteiger partial charge in [0.05, 0.1) is 19.3 Å². The first-order valence-electron chi connectivity index (χ1n) is 9.37. The fourth-order valence-corrected chi connectivity index (χ4v) is 3.55. The third-order valence-corrected chi connectivity index (χ3v) is 4.90. The standard InChI is InChI=1S/C19H29FN4O.HI/c1-2-21-19(22-10-9-15-6-3-4-8-18(15)20)23-12-17-13-24-11-5-7-16(24)14-25-17;/h3-4,6,8,16-17H,2,5,7,9-14H2,1H3,(H2,21,22,23);1H. The molecule has 2 N–H and O–H groups in total. The Kier molecular flexibility index (Phi) is 9.07. The zero-order chi connectivity index (χ0) is 17.5. The van der Waals surface area contributed by atoms with E-state index in [2.05, 4.69) is 20.5 Å². The first-order valence-corrected chi connectivity index (χ1v) is 9.37. The highest BCUT2D eigenvalue weighted by molar-refractivity contribution is 14.0. The summed E-state index contributed by atoms with van der Waals surface area (Å²) in [7, 11) is 0. The van der Waals surface area contributed by atoms with Crippen LogP contribution in [0, 0.1) is 5.82 Å². The summed E-state index contributed by atoms with van der Waals surface area (Å²) in [6, 6.07) is 7.52. The maximum atomic E-state index is 13.7. The normalized spacial score (nSPS) is 23.2. The second kappa shape index (κ2) is 11.0. The van der Waals surface area contributed by atoms with E-state index in [9.17, 15) is 4.39 Å². The summed E-state index contributed by atoms with van der Waals surface area (Å²) in [5, 5.41) is 6.53. The first-order chi connectivity index (χ1) is 12.3. The zero-order valence-electron chi connectivity index (χ0n) is 15.4. The van der Waals surface area contributed by atoms with E-state index in [1.54, 1.807) is 6.07 Å². The minimum Gasteiger partial charge on any atom is -0.373 e.